The van der Waals surface area contributed by atoms with Crippen molar-refractivity contribution < 1.29 is 0 Å². The lowest BCUT2D eigenvalue weighted by molar-refractivity contribution is 0.959. The molecule has 0 bridgehead atoms. The molecule has 1 aromatic heterocycles. The molecule has 70 valence electrons. The topological polar surface area (TPSA) is 34.0 Å². The molecule has 0 aliphatic carbocycles. The van der Waals surface area contributed by atoms with E-state index in [1.54, 1.807) is 26.2 Å². The fourth-order valence-electron chi connectivity index (χ4n) is 0.908. The predicted octanol–water partition coefficient (Wildman–Crippen LogP) is 0.798. The number of nitrogens with zero attached hydrogens (tertiary/aromatic N) is 1. The molecule has 0 spiro atoms. The lowest BCUT2D eigenvalue weighted by Gasteiger charge is -2.07. The first kappa shape index (κ1) is 10.3. The highest BCUT2D eigenvalue weighted by Gasteiger charge is 2.04. The minimum Gasteiger partial charge on any atom is -0.365 e. The SMILES string of the molecule is CNC(=S)n1ccc(S)c(C)c1=O. The molecule has 0 saturated heterocycles. The Hall–Kier alpha value is -0.810. The van der Waals surface area contributed by atoms with Crippen LogP contribution in [0.2, 0.25) is 0 Å². The van der Waals surface area contributed by atoms with E-state index in [1.807, 2.05) is 0 Å². The van der Waals surface area contributed by atoms with Crippen molar-refractivity contribution in [2.24, 2.45) is 0 Å². The highest BCUT2D eigenvalue weighted by Crippen LogP contribution is 2.06. The summed E-state index contributed by atoms with van der Waals surface area (Å²) in [6.07, 6.45) is 1.61. The van der Waals surface area contributed by atoms with Gasteiger partial charge in [-0.3, -0.25) is 9.36 Å². The quantitative estimate of drug-likeness (QED) is 0.495. The Bertz CT molecular complexity index is 398. The first-order valence-electron chi connectivity index (χ1n) is 3.71. The van der Waals surface area contributed by atoms with E-state index in [0.717, 1.165) is 0 Å². The maximum absolute atomic E-state index is 11.6. The van der Waals surface area contributed by atoms with E-state index >= 15 is 0 Å². The first-order valence-corrected chi connectivity index (χ1v) is 4.56. The molecule has 1 rings (SSSR count). The van der Waals surface area contributed by atoms with Crippen molar-refractivity contribution in [3.05, 3.63) is 28.2 Å². The van der Waals surface area contributed by atoms with Gasteiger partial charge in [-0.1, -0.05) is 0 Å². The van der Waals surface area contributed by atoms with Gasteiger partial charge in [0.05, 0.1) is 0 Å². The lowest BCUT2D eigenvalue weighted by Crippen LogP contribution is -2.34. The van der Waals surface area contributed by atoms with E-state index in [-0.39, 0.29) is 5.56 Å². The van der Waals surface area contributed by atoms with E-state index in [2.05, 4.69) is 17.9 Å². The Kier molecular flexibility index (Phi) is 3.11. The van der Waals surface area contributed by atoms with Crippen LogP contribution in [0.1, 0.15) is 5.56 Å². The number of thiol groups is 1. The molecule has 0 aliphatic heterocycles. The Morgan fingerprint density at radius 3 is 2.85 bits per heavy atom. The van der Waals surface area contributed by atoms with E-state index < -0.39 is 0 Å². The second-order valence-electron chi connectivity index (χ2n) is 2.56. The number of aromatic nitrogens is 1. The van der Waals surface area contributed by atoms with Crippen molar-refractivity contribution in [1.82, 2.24) is 9.88 Å². The Morgan fingerprint density at radius 2 is 2.31 bits per heavy atom. The normalized spacial score (nSPS) is 9.77. The molecule has 0 radical (unpaired) electrons. The number of hydrogen-bond acceptors (Lipinski definition) is 3. The summed E-state index contributed by atoms with van der Waals surface area (Å²) in [5, 5.41) is 3.13. The minimum absolute atomic E-state index is 0.133. The molecule has 0 saturated carbocycles. The van der Waals surface area contributed by atoms with Crippen LogP contribution in [0.15, 0.2) is 22.0 Å². The maximum atomic E-state index is 11.6. The summed E-state index contributed by atoms with van der Waals surface area (Å²) in [7, 11) is 1.68. The number of thiocarbonyl (C=S) groups is 1. The summed E-state index contributed by atoms with van der Waals surface area (Å²) in [6, 6.07) is 1.74. The van der Waals surface area contributed by atoms with Crippen molar-refractivity contribution in [3.8, 4) is 0 Å². The standard InChI is InChI=1S/C8H10N2OS2/c1-5-6(12)3-4-10(7(5)11)8(13)9-2/h3-4,12H,1-2H3,(H,9,13). The molecule has 1 heterocycles. The smallest absolute Gasteiger partial charge is 0.260 e. The van der Waals surface area contributed by atoms with Crippen molar-refractivity contribution in [2.75, 3.05) is 7.05 Å². The van der Waals surface area contributed by atoms with Gasteiger partial charge in [-0.25, -0.2) is 0 Å². The monoisotopic (exact) mass is 214 g/mol. The lowest BCUT2D eigenvalue weighted by atomic mass is 10.3. The first-order chi connectivity index (χ1) is 6.07. The number of pyridine rings is 1. The highest BCUT2D eigenvalue weighted by molar-refractivity contribution is 7.80. The van der Waals surface area contributed by atoms with Gasteiger partial charge in [-0.15, -0.1) is 12.6 Å². The maximum Gasteiger partial charge on any atom is 0.260 e. The fourth-order valence-corrected chi connectivity index (χ4v) is 1.21. The van der Waals surface area contributed by atoms with Gasteiger partial charge in [0.2, 0.25) is 0 Å². The molecule has 0 unspecified atom stereocenters. The van der Waals surface area contributed by atoms with Crippen molar-refractivity contribution in [3.63, 3.8) is 0 Å². The summed E-state index contributed by atoms with van der Waals surface area (Å²) in [4.78, 5) is 12.3. The predicted molar refractivity (Wildman–Crippen MR) is 59.7 cm³/mol. The third-order valence-electron chi connectivity index (χ3n) is 1.74. The minimum atomic E-state index is -0.133. The molecule has 0 aliphatic rings. The van der Waals surface area contributed by atoms with Gasteiger partial charge in [0, 0.05) is 23.7 Å². The third kappa shape index (κ3) is 1.92. The van der Waals surface area contributed by atoms with E-state index in [1.165, 1.54) is 4.57 Å². The van der Waals surface area contributed by atoms with Crippen LogP contribution < -0.4 is 10.9 Å². The fraction of sp³-hybridized carbons (Fsp3) is 0.250. The third-order valence-corrected chi connectivity index (χ3v) is 2.62. The van der Waals surface area contributed by atoms with Gasteiger partial charge < -0.3 is 5.32 Å². The summed E-state index contributed by atoms with van der Waals surface area (Å²) >= 11 is 9.07. The average molecular weight is 214 g/mol. The Morgan fingerprint density at radius 1 is 1.69 bits per heavy atom. The van der Waals surface area contributed by atoms with Crippen LogP contribution in [0.25, 0.3) is 0 Å². The van der Waals surface area contributed by atoms with Crippen molar-refractivity contribution in [2.45, 2.75) is 11.8 Å². The highest BCUT2D eigenvalue weighted by atomic mass is 32.1. The number of rotatable bonds is 0. The molecule has 5 heteroatoms. The van der Waals surface area contributed by atoms with Crippen LogP contribution in [-0.4, -0.2) is 16.7 Å². The molecule has 1 aromatic rings. The van der Waals surface area contributed by atoms with Crippen molar-refractivity contribution >= 4 is 30.0 Å². The molecule has 13 heavy (non-hydrogen) atoms. The van der Waals surface area contributed by atoms with Crippen LogP contribution >= 0.6 is 24.8 Å². The molecule has 0 amide bonds. The molecule has 0 fully saturated rings. The van der Waals surface area contributed by atoms with Gasteiger partial charge in [-0.05, 0) is 25.2 Å². The van der Waals surface area contributed by atoms with E-state index in [0.29, 0.717) is 15.6 Å². The molecular formula is C8H10N2OS2. The average Bonchev–Trinajstić information content (AvgIpc) is 2.13. The summed E-state index contributed by atoms with van der Waals surface area (Å²) in [5.41, 5.74) is 0.468. The van der Waals surface area contributed by atoms with E-state index in [9.17, 15) is 4.79 Å². The van der Waals surface area contributed by atoms with Gasteiger partial charge in [-0.2, -0.15) is 0 Å². The zero-order chi connectivity index (χ0) is 10.0. The Labute approximate surface area is 87.2 Å². The van der Waals surface area contributed by atoms with Gasteiger partial charge in [0.15, 0.2) is 5.11 Å². The van der Waals surface area contributed by atoms with Gasteiger partial charge in [0.25, 0.3) is 5.56 Å². The van der Waals surface area contributed by atoms with Gasteiger partial charge >= 0.3 is 0 Å². The van der Waals surface area contributed by atoms with Crippen LogP contribution in [-0.2, 0) is 0 Å². The molecule has 1 N–H and O–H groups in total. The summed E-state index contributed by atoms with van der Waals surface area (Å²) < 4.78 is 1.38. The van der Waals surface area contributed by atoms with Gasteiger partial charge in [0.1, 0.15) is 0 Å². The summed E-state index contributed by atoms with van der Waals surface area (Å²) in [5.74, 6) is 0. The second kappa shape index (κ2) is 3.93. The molecular weight excluding hydrogens is 204 g/mol. The van der Waals surface area contributed by atoms with Crippen molar-refractivity contribution in [1.29, 1.82) is 0 Å². The largest absolute Gasteiger partial charge is 0.365 e. The van der Waals surface area contributed by atoms with Crippen LogP contribution in [0.3, 0.4) is 0 Å². The number of hydrogen-bond donors (Lipinski definition) is 2. The Balaban J connectivity index is 3.35. The van der Waals surface area contributed by atoms with Crippen LogP contribution in [0.5, 0.6) is 0 Å². The molecule has 3 nitrogen and oxygen atoms in total. The van der Waals surface area contributed by atoms with E-state index in [4.69, 9.17) is 12.2 Å². The zero-order valence-electron chi connectivity index (χ0n) is 7.37. The zero-order valence-corrected chi connectivity index (χ0v) is 9.08. The molecule has 0 atom stereocenters. The molecule has 0 aromatic carbocycles. The second-order valence-corrected chi connectivity index (χ2v) is 3.42. The number of nitrogens with one attached hydrogen (secondary N) is 1. The van der Waals surface area contributed by atoms with Crippen LogP contribution in [0.4, 0.5) is 0 Å². The van der Waals surface area contributed by atoms with Crippen LogP contribution in [0, 0.1) is 6.92 Å². The summed E-state index contributed by atoms with van der Waals surface area (Å²) in [6.45, 7) is 1.72.